The standard InChI is InChI=1S/C28H48O2/c1-19(2)14-15-21(4)12-9-11-20(3)13-10-17-28(8)18-16-25-24(7)26(29)22(5)23(6)27(25)30-28/h19-21,29H,9-18H2,1-8H3/t20-,21+,28-/m1/s1. The molecule has 0 radical (unpaired) electrons. The lowest BCUT2D eigenvalue weighted by Crippen LogP contribution is -2.37. The predicted molar refractivity (Wildman–Crippen MR) is 130 cm³/mol. The highest BCUT2D eigenvalue weighted by molar-refractivity contribution is 5.58. The van der Waals surface area contributed by atoms with Gasteiger partial charge in [0.15, 0.2) is 0 Å². The topological polar surface area (TPSA) is 29.5 Å². The van der Waals surface area contributed by atoms with Crippen molar-refractivity contribution in [3.8, 4) is 11.5 Å². The van der Waals surface area contributed by atoms with Gasteiger partial charge in [0.05, 0.1) is 0 Å². The zero-order valence-electron chi connectivity index (χ0n) is 21.2. The van der Waals surface area contributed by atoms with Gasteiger partial charge in [-0.2, -0.15) is 0 Å². The number of benzene rings is 1. The second-order valence-electron chi connectivity index (χ2n) is 11.1. The first kappa shape index (κ1) is 25.1. The molecule has 172 valence electrons. The summed E-state index contributed by atoms with van der Waals surface area (Å²) >= 11 is 0. The minimum atomic E-state index is -0.0707. The molecule has 0 fully saturated rings. The van der Waals surface area contributed by atoms with Gasteiger partial charge < -0.3 is 9.84 Å². The predicted octanol–water partition coefficient (Wildman–Crippen LogP) is 8.45. The molecular weight excluding hydrogens is 368 g/mol. The summed E-state index contributed by atoms with van der Waals surface area (Å²) < 4.78 is 6.60. The van der Waals surface area contributed by atoms with Gasteiger partial charge in [0, 0.05) is 5.56 Å². The molecule has 30 heavy (non-hydrogen) atoms. The Kier molecular flexibility index (Phi) is 9.13. The van der Waals surface area contributed by atoms with Crippen LogP contribution >= 0.6 is 0 Å². The summed E-state index contributed by atoms with van der Waals surface area (Å²) in [6.07, 6.45) is 12.6. The Labute approximate surface area is 186 Å². The average Bonchev–Trinajstić information content (AvgIpc) is 2.69. The molecule has 1 aliphatic rings. The Morgan fingerprint density at radius 2 is 1.43 bits per heavy atom. The Morgan fingerprint density at radius 1 is 0.833 bits per heavy atom. The Balaban J connectivity index is 1.78. The van der Waals surface area contributed by atoms with Crippen molar-refractivity contribution in [3.05, 3.63) is 22.3 Å². The number of hydrogen-bond acceptors (Lipinski definition) is 2. The molecule has 0 aliphatic carbocycles. The number of phenols is 1. The number of fused-ring (bicyclic) bond motifs is 1. The summed E-state index contributed by atoms with van der Waals surface area (Å²) in [6.45, 7) is 17.9. The minimum absolute atomic E-state index is 0.0707. The number of hydrogen-bond donors (Lipinski definition) is 1. The Hall–Kier alpha value is -1.18. The second kappa shape index (κ2) is 10.9. The van der Waals surface area contributed by atoms with Crippen molar-refractivity contribution in [2.24, 2.45) is 17.8 Å². The van der Waals surface area contributed by atoms with E-state index in [1.807, 2.05) is 13.8 Å². The first-order chi connectivity index (χ1) is 14.0. The van der Waals surface area contributed by atoms with Crippen LogP contribution in [0.4, 0.5) is 0 Å². The van der Waals surface area contributed by atoms with E-state index in [0.717, 1.165) is 59.5 Å². The molecule has 0 saturated carbocycles. The van der Waals surface area contributed by atoms with Crippen molar-refractivity contribution in [2.75, 3.05) is 0 Å². The van der Waals surface area contributed by atoms with E-state index >= 15 is 0 Å². The highest BCUT2D eigenvalue weighted by Gasteiger charge is 2.34. The third kappa shape index (κ3) is 6.66. The van der Waals surface area contributed by atoms with Crippen LogP contribution in [-0.2, 0) is 6.42 Å². The van der Waals surface area contributed by atoms with Crippen molar-refractivity contribution in [1.29, 1.82) is 0 Å². The minimum Gasteiger partial charge on any atom is -0.507 e. The van der Waals surface area contributed by atoms with E-state index < -0.39 is 0 Å². The van der Waals surface area contributed by atoms with Crippen molar-refractivity contribution >= 4 is 0 Å². The fourth-order valence-corrected chi connectivity index (χ4v) is 5.02. The monoisotopic (exact) mass is 416 g/mol. The molecule has 0 saturated heterocycles. The maximum absolute atomic E-state index is 10.4. The SMILES string of the molecule is Cc1c(C)c2c(c(C)c1O)CC[C@@](C)(CCC[C@H](C)CCC[C@H](C)CCC(C)C)O2. The lowest BCUT2D eigenvalue weighted by Gasteiger charge is -2.38. The number of rotatable bonds is 11. The molecule has 2 heteroatoms. The Morgan fingerprint density at radius 3 is 2.07 bits per heavy atom. The average molecular weight is 417 g/mol. The van der Waals surface area contributed by atoms with E-state index in [1.165, 1.54) is 50.5 Å². The van der Waals surface area contributed by atoms with Gasteiger partial charge in [-0.15, -0.1) is 0 Å². The molecule has 3 atom stereocenters. The number of ether oxygens (including phenoxy) is 1. The summed E-state index contributed by atoms with van der Waals surface area (Å²) in [5.74, 6) is 4.02. The van der Waals surface area contributed by atoms with Crippen LogP contribution in [0.15, 0.2) is 0 Å². The van der Waals surface area contributed by atoms with Crippen molar-refractivity contribution < 1.29 is 9.84 Å². The summed E-state index contributed by atoms with van der Waals surface area (Å²) in [5.41, 5.74) is 4.23. The van der Waals surface area contributed by atoms with E-state index in [0.29, 0.717) is 5.75 Å². The highest BCUT2D eigenvalue weighted by Crippen LogP contribution is 2.44. The first-order valence-electron chi connectivity index (χ1n) is 12.5. The third-order valence-electron chi connectivity index (χ3n) is 7.63. The van der Waals surface area contributed by atoms with Crippen LogP contribution in [0.1, 0.15) is 115 Å². The van der Waals surface area contributed by atoms with Crippen LogP contribution in [0.25, 0.3) is 0 Å². The molecule has 1 aliphatic heterocycles. The van der Waals surface area contributed by atoms with E-state index in [1.54, 1.807) is 0 Å². The van der Waals surface area contributed by atoms with Crippen molar-refractivity contribution in [2.45, 2.75) is 125 Å². The molecule has 0 amide bonds. The summed E-state index contributed by atoms with van der Waals surface area (Å²) in [4.78, 5) is 0. The molecule has 0 aromatic heterocycles. The van der Waals surface area contributed by atoms with Gasteiger partial charge in [0.25, 0.3) is 0 Å². The van der Waals surface area contributed by atoms with Gasteiger partial charge in [0.2, 0.25) is 0 Å². The second-order valence-corrected chi connectivity index (χ2v) is 11.1. The highest BCUT2D eigenvalue weighted by atomic mass is 16.5. The van der Waals surface area contributed by atoms with Gasteiger partial charge in [-0.1, -0.05) is 66.2 Å². The van der Waals surface area contributed by atoms with Gasteiger partial charge in [-0.05, 0) is 87.8 Å². The molecule has 1 aromatic rings. The lowest BCUT2D eigenvalue weighted by molar-refractivity contribution is 0.0512. The van der Waals surface area contributed by atoms with E-state index in [9.17, 15) is 5.11 Å². The first-order valence-corrected chi connectivity index (χ1v) is 12.5. The molecule has 1 aromatic carbocycles. The zero-order valence-corrected chi connectivity index (χ0v) is 21.2. The van der Waals surface area contributed by atoms with Crippen LogP contribution in [-0.4, -0.2) is 10.7 Å². The number of phenolic OH excluding ortho intramolecular Hbond substituents is 1. The summed E-state index contributed by atoms with van der Waals surface area (Å²) in [7, 11) is 0. The van der Waals surface area contributed by atoms with Crippen LogP contribution in [0, 0.1) is 38.5 Å². The normalized spacial score (nSPS) is 20.7. The smallest absolute Gasteiger partial charge is 0.127 e. The van der Waals surface area contributed by atoms with E-state index in [4.69, 9.17) is 4.74 Å². The lowest BCUT2D eigenvalue weighted by atomic mass is 9.84. The maximum atomic E-state index is 10.4. The largest absolute Gasteiger partial charge is 0.507 e. The Bertz CT molecular complexity index is 691. The van der Waals surface area contributed by atoms with Crippen LogP contribution in [0.5, 0.6) is 11.5 Å². The quantitative estimate of drug-likeness (QED) is 0.392. The van der Waals surface area contributed by atoms with Gasteiger partial charge in [-0.3, -0.25) is 0 Å². The fraction of sp³-hybridized carbons (Fsp3) is 0.786. The summed E-state index contributed by atoms with van der Waals surface area (Å²) in [6, 6.07) is 0. The molecular formula is C28H48O2. The zero-order chi connectivity index (χ0) is 22.5. The maximum Gasteiger partial charge on any atom is 0.127 e. The van der Waals surface area contributed by atoms with Crippen molar-refractivity contribution in [3.63, 3.8) is 0 Å². The fourth-order valence-electron chi connectivity index (χ4n) is 5.02. The van der Waals surface area contributed by atoms with E-state index in [2.05, 4.69) is 41.5 Å². The van der Waals surface area contributed by atoms with Crippen LogP contribution in [0.2, 0.25) is 0 Å². The van der Waals surface area contributed by atoms with Gasteiger partial charge in [0.1, 0.15) is 17.1 Å². The van der Waals surface area contributed by atoms with E-state index in [-0.39, 0.29) is 5.60 Å². The molecule has 1 N–H and O–H groups in total. The third-order valence-corrected chi connectivity index (χ3v) is 7.63. The molecule has 2 nitrogen and oxygen atoms in total. The molecule has 0 unspecified atom stereocenters. The summed E-state index contributed by atoms with van der Waals surface area (Å²) in [5, 5.41) is 10.4. The molecule has 0 bridgehead atoms. The van der Waals surface area contributed by atoms with Crippen molar-refractivity contribution in [1.82, 2.24) is 0 Å². The molecule has 2 rings (SSSR count). The molecule has 0 spiro atoms. The molecule has 1 heterocycles. The van der Waals surface area contributed by atoms with Gasteiger partial charge in [-0.25, -0.2) is 0 Å². The number of aromatic hydroxyl groups is 1. The van der Waals surface area contributed by atoms with Crippen LogP contribution in [0.3, 0.4) is 0 Å². The van der Waals surface area contributed by atoms with Gasteiger partial charge >= 0.3 is 0 Å². The van der Waals surface area contributed by atoms with Crippen LogP contribution < -0.4 is 4.74 Å².